The number of hydrogen-bond donors (Lipinski definition) is 2. The summed E-state index contributed by atoms with van der Waals surface area (Å²) < 4.78 is 0. The molecule has 2 rings (SSSR count). The second kappa shape index (κ2) is 4.30. The molecule has 0 aromatic heterocycles. The van der Waals surface area contributed by atoms with Crippen LogP contribution in [0.25, 0.3) is 0 Å². The van der Waals surface area contributed by atoms with Crippen molar-refractivity contribution in [1.82, 2.24) is 0 Å². The highest BCUT2D eigenvalue weighted by Crippen LogP contribution is 2.55. The van der Waals surface area contributed by atoms with E-state index in [0.717, 1.165) is 0 Å². The number of aliphatic hydroxyl groups is 1. The van der Waals surface area contributed by atoms with Crippen molar-refractivity contribution in [2.45, 2.75) is 38.7 Å². The molecule has 0 aromatic carbocycles. The maximum absolute atomic E-state index is 11.9. The zero-order valence-electron chi connectivity index (χ0n) is 11.3. The van der Waals surface area contributed by atoms with Crippen LogP contribution in [0.15, 0.2) is 24.3 Å². The Labute approximate surface area is 112 Å². The van der Waals surface area contributed by atoms with Gasteiger partial charge in [-0.25, -0.2) is 4.79 Å². The van der Waals surface area contributed by atoms with E-state index >= 15 is 0 Å². The van der Waals surface area contributed by atoms with Crippen molar-refractivity contribution < 1.29 is 19.8 Å². The summed E-state index contributed by atoms with van der Waals surface area (Å²) >= 11 is 0. The molecule has 4 heteroatoms. The van der Waals surface area contributed by atoms with Crippen molar-refractivity contribution in [1.29, 1.82) is 0 Å². The molecule has 0 heterocycles. The Morgan fingerprint density at radius 3 is 2.74 bits per heavy atom. The average molecular weight is 264 g/mol. The SMILES string of the molecule is C=C(C(=O)O)C1CCC2(O)C=CC(=O)C(C)C2(C)C1. The van der Waals surface area contributed by atoms with E-state index in [9.17, 15) is 14.7 Å². The Morgan fingerprint density at radius 2 is 2.16 bits per heavy atom. The molecule has 2 aliphatic rings. The standard InChI is InChI=1S/C15H20O4/c1-9(13(17)18)11-4-6-15(19)7-5-12(16)10(2)14(15,3)8-11/h5,7,10-11,19H,1,4,6,8H2,2-3H3,(H,17,18). The van der Waals surface area contributed by atoms with Crippen LogP contribution in [0.4, 0.5) is 0 Å². The first-order chi connectivity index (χ1) is 8.71. The van der Waals surface area contributed by atoms with Crippen LogP contribution in [0.2, 0.25) is 0 Å². The molecule has 104 valence electrons. The molecule has 19 heavy (non-hydrogen) atoms. The zero-order chi connectivity index (χ0) is 14.4. The molecule has 1 saturated carbocycles. The number of ketones is 1. The van der Waals surface area contributed by atoms with Crippen LogP contribution in [-0.4, -0.2) is 27.6 Å². The maximum atomic E-state index is 11.9. The molecule has 4 nitrogen and oxygen atoms in total. The minimum Gasteiger partial charge on any atom is -0.478 e. The number of aliphatic carboxylic acids is 1. The van der Waals surface area contributed by atoms with E-state index in [4.69, 9.17) is 5.11 Å². The van der Waals surface area contributed by atoms with Gasteiger partial charge in [0.25, 0.3) is 0 Å². The van der Waals surface area contributed by atoms with Gasteiger partial charge in [-0.2, -0.15) is 0 Å². The number of fused-ring (bicyclic) bond motifs is 1. The van der Waals surface area contributed by atoms with E-state index in [0.29, 0.717) is 19.3 Å². The number of carboxylic acid groups (broad SMARTS) is 1. The van der Waals surface area contributed by atoms with Gasteiger partial charge in [0.05, 0.1) is 5.60 Å². The van der Waals surface area contributed by atoms with Crippen LogP contribution in [0.5, 0.6) is 0 Å². The van der Waals surface area contributed by atoms with Crippen LogP contribution in [0.1, 0.15) is 33.1 Å². The molecule has 0 bridgehead atoms. The second-order valence-electron chi connectivity index (χ2n) is 6.07. The lowest BCUT2D eigenvalue weighted by Crippen LogP contribution is -2.56. The summed E-state index contributed by atoms with van der Waals surface area (Å²) in [6.45, 7) is 7.31. The molecule has 4 atom stereocenters. The molecule has 0 spiro atoms. The first-order valence-electron chi connectivity index (χ1n) is 6.59. The van der Waals surface area contributed by atoms with Gasteiger partial charge in [-0.1, -0.05) is 20.4 Å². The first-order valence-corrected chi connectivity index (χ1v) is 6.59. The minimum atomic E-state index is -1.02. The number of allylic oxidation sites excluding steroid dienone is 1. The molecule has 0 amide bonds. The van der Waals surface area contributed by atoms with Crippen molar-refractivity contribution >= 4 is 11.8 Å². The lowest BCUT2D eigenvalue weighted by Gasteiger charge is -2.54. The Hall–Kier alpha value is -1.42. The molecule has 0 aromatic rings. The molecular formula is C15H20O4. The van der Waals surface area contributed by atoms with Crippen LogP contribution < -0.4 is 0 Å². The highest BCUT2D eigenvalue weighted by molar-refractivity contribution is 5.93. The van der Waals surface area contributed by atoms with Gasteiger partial charge in [0, 0.05) is 16.9 Å². The monoisotopic (exact) mass is 264 g/mol. The fourth-order valence-electron chi connectivity index (χ4n) is 3.45. The van der Waals surface area contributed by atoms with Gasteiger partial charge in [-0.05, 0) is 37.3 Å². The van der Waals surface area contributed by atoms with E-state index in [1.54, 1.807) is 6.08 Å². The normalized spacial score (nSPS) is 41.7. The van der Waals surface area contributed by atoms with Gasteiger partial charge in [0.2, 0.25) is 0 Å². The molecule has 0 radical (unpaired) electrons. The molecule has 4 unspecified atom stereocenters. The lowest BCUT2D eigenvalue weighted by atomic mass is 9.52. The van der Waals surface area contributed by atoms with Crippen LogP contribution in [-0.2, 0) is 9.59 Å². The number of carbonyl (C=O) groups excluding carboxylic acids is 1. The third-order valence-electron chi connectivity index (χ3n) is 5.21. The Kier molecular flexibility index (Phi) is 3.17. The fourth-order valence-corrected chi connectivity index (χ4v) is 3.45. The van der Waals surface area contributed by atoms with Crippen molar-refractivity contribution in [2.75, 3.05) is 0 Å². The highest BCUT2D eigenvalue weighted by atomic mass is 16.4. The van der Waals surface area contributed by atoms with Crippen molar-refractivity contribution in [2.24, 2.45) is 17.3 Å². The second-order valence-corrected chi connectivity index (χ2v) is 6.07. The summed E-state index contributed by atoms with van der Waals surface area (Å²) in [5.74, 6) is -1.49. The number of carboxylic acids is 1. The number of carbonyl (C=O) groups is 2. The van der Waals surface area contributed by atoms with Crippen molar-refractivity contribution in [3.8, 4) is 0 Å². The fraction of sp³-hybridized carbons (Fsp3) is 0.600. The predicted molar refractivity (Wildman–Crippen MR) is 70.5 cm³/mol. The third-order valence-corrected chi connectivity index (χ3v) is 5.21. The van der Waals surface area contributed by atoms with E-state index in [2.05, 4.69) is 6.58 Å². The zero-order valence-corrected chi connectivity index (χ0v) is 11.3. The van der Waals surface area contributed by atoms with E-state index in [1.807, 2.05) is 13.8 Å². The Balaban J connectivity index is 2.35. The van der Waals surface area contributed by atoms with Crippen LogP contribution in [0.3, 0.4) is 0 Å². The van der Waals surface area contributed by atoms with E-state index < -0.39 is 17.0 Å². The molecule has 0 aliphatic heterocycles. The van der Waals surface area contributed by atoms with Crippen LogP contribution >= 0.6 is 0 Å². The van der Waals surface area contributed by atoms with Gasteiger partial charge in [0.15, 0.2) is 5.78 Å². The van der Waals surface area contributed by atoms with Gasteiger partial charge in [0.1, 0.15) is 0 Å². The number of hydrogen-bond acceptors (Lipinski definition) is 3. The van der Waals surface area contributed by atoms with Gasteiger partial charge >= 0.3 is 5.97 Å². The van der Waals surface area contributed by atoms with Crippen molar-refractivity contribution in [3.63, 3.8) is 0 Å². The number of rotatable bonds is 2. The smallest absolute Gasteiger partial charge is 0.331 e. The molecule has 2 aliphatic carbocycles. The lowest BCUT2D eigenvalue weighted by molar-refractivity contribution is -0.145. The summed E-state index contributed by atoms with van der Waals surface area (Å²) in [5, 5.41) is 19.8. The molecule has 0 saturated heterocycles. The molecular weight excluding hydrogens is 244 g/mol. The van der Waals surface area contributed by atoms with E-state index in [1.165, 1.54) is 6.08 Å². The average Bonchev–Trinajstić information content (AvgIpc) is 2.36. The summed E-state index contributed by atoms with van der Waals surface area (Å²) in [4.78, 5) is 22.9. The largest absolute Gasteiger partial charge is 0.478 e. The maximum Gasteiger partial charge on any atom is 0.331 e. The van der Waals surface area contributed by atoms with Gasteiger partial charge in [-0.15, -0.1) is 0 Å². The van der Waals surface area contributed by atoms with Crippen molar-refractivity contribution in [3.05, 3.63) is 24.3 Å². The van der Waals surface area contributed by atoms with Crippen LogP contribution in [0, 0.1) is 17.3 Å². The van der Waals surface area contributed by atoms with E-state index in [-0.39, 0.29) is 23.2 Å². The Bertz CT molecular complexity index is 479. The quantitative estimate of drug-likeness (QED) is 0.747. The summed E-state index contributed by atoms with van der Waals surface area (Å²) in [7, 11) is 0. The Morgan fingerprint density at radius 1 is 1.53 bits per heavy atom. The van der Waals surface area contributed by atoms with Gasteiger partial charge in [-0.3, -0.25) is 4.79 Å². The minimum absolute atomic E-state index is 0.00578. The summed E-state index contributed by atoms with van der Waals surface area (Å²) in [5.41, 5.74) is -1.46. The molecule has 2 N–H and O–H groups in total. The summed E-state index contributed by atoms with van der Waals surface area (Å²) in [6.07, 6.45) is 4.58. The third kappa shape index (κ3) is 1.94. The summed E-state index contributed by atoms with van der Waals surface area (Å²) in [6, 6.07) is 0. The topological polar surface area (TPSA) is 74.6 Å². The molecule has 1 fully saturated rings. The highest BCUT2D eigenvalue weighted by Gasteiger charge is 2.56. The first kappa shape index (κ1) is 14.0. The van der Waals surface area contributed by atoms with Gasteiger partial charge < -0.3 is 10.2 Å². The predicted octanol–water partition coefficient (Wildman–Crippen LogP) is 1.94.